The molecule has 1 aromatic heterocycles. The number of rotatable bonds is 6. The van der Waals surface area contributed by atoms with Gasteiger partial charge in [-0.25, -0.2) is 14.4 Å². The maximum atomic E-state index is 13.3. The van der Waals surface area contributed by atoms with Gasteiger partial charge in [0.15, 0.2) is 0 Å². The van der Waals surface area contributed by atoms with Crippen molar-refractivity contribution in [3.63, 3.8) is 0 Å². The van der Waals surface area contributed by atoms with Crippen molar-refractivity contribution < 1.29 is 4.39 Å². The SMILES string of the molecule is CCCNc1cc(Nc2cc(F)ccc2Br)nc(CC)n1. The minimum atomic E-state index is -0.296. The van der Waals surface area contributed by atoms with Crippen molar-refractivity contribution in [3.05, 3.63) is 40.4 Å². The Morgan fingerprint density at radius 3 is 2.62 bits per heavy atom. The molecule has 0 saturated carbocycles. The van der Waals surface area contributed by atoms with Crippen LogP contribution in [-0.4, -0.2) is 16.5 Å². The van der Waals surface area contributed by atoms with Gasteiger partial charge >= 0.3 is 0 Å². The third-order valence-corrected chi connectivity index (χ3v) is 3.53. The molecule has 0 spiro atoms. The quantitative estimate of drug-likeness (QED) is 0.803. The van der Waals surface area contributed by atoms with Crippen molar-refractivity contribution in [1.29, 1.82) is 0 Å². The molecule has 21 heavy (non-hydrogen) atoms. The van der Waals surface area contributed by atoms with Gasteiger partial charge in [-0.3, -0.25) is 0 Å². The van der Waals surface area contributed by atoms with E-state index in [1.54, 1.807) is 6.07 Å². The monoisotopic (exact) mass is 352 g/mol. The number of nitrogens with zero attached hydrogens (tertiary/aromatic N) is 2. The summed E-state index contributed by atoms with van der Waals surface area (Å²) < 4.78 is 14.1. The number of benzene rings is 1. The number of halogens is 2. The third-order valence-electron chi connectivity index (χ3n) is 2.84. The first-order valence-corrected chi connectivity index (χ1v) is 7.75. The zero-order chi connectivity index (χ0) is 15.2. The van der Waals surface area contributed by atoms with Crippen LogP contribution in [0.1, 0.15) is 26.1 Å². The second kappa shape index (κ2) is 7.36. The molecule has 1 aromatic carbocycles. The van der Waals surface area contributed by atoms with Crippen LogP contribution in [0.3, 0.4) is 0 Å². The smallest absolute Gasteiger partial charge is 0.136 e. The van der Waals surface area contributed by atoms with Gasteiger partial charge in [0.1, 0.15) is 23.3 Å². The van der Waals surface area contributed by atoms with Gasteiger partial charge < -0.3 is 10.6 Å². The molecule has 0 aliphatic carbocycles. The fourth-order valence-corrected chi connectivity index (χ4v) is 2.14. The number of aromatic nitrogens is 2. The average Bonchev–Trinajstić information content (AvgIpc) is 2.48. The first kappa shape index (κ1) is 15.7. The van der Waals surface area contributed by atoms with Gasteiger partial charge in [-0.05, 0) is 40.5 Å². The van der Waals surface area contributed by atoms with Gasteiger partial charge in [0, 0.05) is 23.5 Å². The second-order valence-electron chi connectivity index (χ2n) is 4.58. The van der Waals surface area contributed by atoms with E-state index < -0.39 is 0 Å². The predicted molar refractivity (Wildman–Crippen MR) is 87.6 cm³/mol. The van der Waals surface area contributed by atoms with E-state index in [2.05, 4.69) is 43.5 Å². The lowest BCUT2D eigenvalue weighted by molar-refractivity contribution is 0.628. The molecule has 4 nitrogen and oxygen atoms in total. The lowest BCUT2D eigenvalue weighted by Gasteiger charge is -2.11. The Kier molecular flexibility index (Phi) is 5.50. The number of anilines is 3. The minimum absolute atomic E-state index is 0.296. The molecule has 0 unspecified atom stereocenters. The molecule has 112 valence electrons. The van der Waals surface area contributed by atoms with Crippen LogP contribution in [0.25, 0.3) is 0 Å². The summed E-state index contributed by atoms with van der Waals surface area (Å²) in [6.07, 6.45) is 1.75. The van der Waals surface area contributed by atoms with E-state index in [1.165, 1.54) is 12.1 Å². The third kappa shape index (κ3) is 4.39. The molecule has 0 amide bonds. The van der Waals surface area contributed by atoms with Crippen LogP contribution in [0.15, 0.2) is 28.7 Å². The molecule has 2 N–H and O–H groups in total. The van der Waals surface area contributed by atoms with Crippen molar-refractivity contribution >= 4 is 33.3 Å². The van der Waals surface area contributed by atoms with Crippen molar-refractivity contribution in [3.8, 4) is 0 Å². The molecular formula is C15H18BrFN4. The number of hydrogen-bond donors (Lipinski definition) is 2. The van der Waals surface area contributed by atoms with Crippen LogP contribution >= 0.6 is 15.9 Å². The summed E-state index contributed by atoms with van der Waals surface area (Å²) in [6, 6.07) is 6.32. The largest absolute Gasteiger partial charge is 0.370 e. The van der Waals surface area contributed by atoms with Gasteiger partial charge in [0.2, 0.25) is 0 Å². The molecule has 0 aliphatic heterocycles. The summed E-state index contributed by atoms with van der Waals surface area (Å²) in [6.45, 7) is 4.95. The summed E-state index contributed by atoms with van der Waals surface area (Å²) in [7, 11) is 0. The van der Waals surface area contributed by atoms with Crippen molar-refractivity contribution in [2.24, 2.45) is 0 Å². The Morgan fingerprint density at radius 2 is 1.90 bits per heavy atom. The van der Waals surface area contributed by atoms with E-state index in [0.29, 0.717) is 11.5 Å². The van der Waals surface area contributed by atoms with Gasteiger partial charge in [0.05, 0.1) is 5.69 Å². The van der Waals surface area contributed by atoms with Crippen LogP contribution in [0, 0.1) is 5.82 Å². The standard InChI is InChI=1S/C15H18BrFN4/c1-3-7-18-14-9-15(21-13(4-2)20-14)19-12-8-10(17)5-6-11(12)16/h5-6,8-9H,3-4,7H2,1-2H3,(H2,18,19,20,21). The lowest BCUT2D eigenvalue weighted by atomic mass is 10.3. The zero-order valence-electron chi connectivity index (χ0n) is 12.1. The minimum Gasteiger partial charge on any atom is -0.370 e. The molecule has 2 rings (SSSR count). The van der Waals surface area contributed by atoms with Crippen LogP contribution < -0.4 is 10.6 Å². The van der Waals surface area contributed by atoms with Crippen molar-refractivity contribution in [1.82, 2.24) is 9.97 Å². The zero-order valence-corrected chi connectivity index (χ0v) is 13.7. The molecule has 0 saturated heterocycles. The summed E-state index contributed by atoms with van der Waals surface area (Å²) in [5, 5.41) is 6.37. The van der Waals surface area contributed by atoms with Crippen LogP contribution in [0.4, 0.5) is 21.7 Å². The molecule has 0 fully saturated rings. The van der Waals surface area contributed by atoms with E-state index in [9.17, 15) is 4.39 Å². The summed E-state index contributed by atoms with van der Waals surface area (Å²) >= 11 is 3.40. The molecule has 6 heteroatoms. The van der Waals surface area contributed by atoms with E-state index in [1.807, 2.05) is 13.0 Å². The maximum Gasteiger partial charge on any atom is 0.136 e. The molecule has 0 bridgehead atoms. The molecule has 0 atom stereocenters. The Labute approximate surface area is 132 Å². The van der Waals surface area contributed by atoms with Crippen molar-refractivity contribution in [2.45, 2.75) is 26.7 Å². The Morgan fingerprint density at radius 1 is 1.14 bits per heavy atom. The van der Waals surface area contributed by atoms with Gasteiger partial charge in [-0.1, -0.05) is 13.8 Å². The number of nitrogens with one attached hydrogen (secondary N) is 2. The molecule has 0 aliphatic rings. The predicted octanol–water partition coefficient (Wildman–Crippen LogP) is 4.51. The topological polar surface area (TPSA) is 49.8 Å². The Balaban J connectivity index is 2.27. The highest BCUT2D eigenvalue weighted by Gasteiger charge is 2.07. The highest BCUT2D eigenvalue weighted by molar-refractivity contribution is 9.10. The Hall–Kier alpha value is -1.69. The molecule has 0 radical (unpaired) electrons. The van der Waals surface area contributed by atoms with Crippen LogP contribution in [0.2, 0.25) is 0 Å². The maximum absolute atomic E-state index is 13.3. The highest BCUT2D eigenvalue weighted by atomic mass is 79.9. The number of hydrogen-bond acceptors (Lipinski definition) is 4. The van der Waals surface area contributed by atoms with Gasteiger partial charge in [0.25, 0.3) is 0 Å². The summed E-state index contributed by atoms with van der Waals surface area (Å²) in [4.78, 5) is 8.84. The van der Waals surface area contributed by atoms with Crippen LogP contribution in [-0.2, 0) is 6.42 Å². The fourth-order valence-electron chi connectivity index (χ4n) is 1.79. The molecule has 2 aromatic rings. The molecular weight excluding hydrogens is 335 g/mol. The van der Waals surface area contributed by atoms with Gasteiger partial charge in [-0.15, -0.1) is 0 Å². The van der Waals surface area contributed by atoms with Crippen LogP contribution in [0.5, 0.6) is 0 Å². The average molecular weight is 353 g/mol. The lowest BCUT2D eigenvalue weighted by Crippen LogP contribution is -2.07. The Bertz CT molecular complexity index is 619. The molecule has 1 heterocycles. The van der Waals surface area contributed by atoms with Gasteiger partial charge in [-0.2, -0.15) is 0 Å². The van der Waals surface area contributed by atoms with E-state index in [0.717, 1.165) is 35.5 Å². The first-order valence-electron chi connectivity index (χ1n) is 6.96. The van der Waals surface area contributed by atoms with E-state index in [-0.39, 0.29) is 5.82 Å². The summed E-state index contributed by atoms with van der Waals surface area (Å²) in [5.74, 6) is 1.87. The first-order chi connectivity index (χ1) is 10.1. The summed E-state index contributed by atoms with van der Waals surface area (Å²) in [5.41, 5.74) is 0.636. The van der Waals surface area contributed by atoms with E-state index >= 15 is 0 Å². The van der Waals surface area contributed by atoms with Crippen molar-refractivity contribution in [2.75, 3.05) is 17.2 Å². The fraction of sp³-hybridized carbons (Fsp3) is 0.333. The number of aryl methyl sites for hydroxylation is 1. The second-order valence-corrected chi connectivity index (χ2v) is 5.44. The van der Waals surface area contributed by atoms with E-state index in [4.69, 9.17) is 0 Å². The highest BCUT2D eigenvalue weighted by Crippen LogP contribution is 2.26. The normalized spacial score (nSPS) is 10.5.